The van der Waals surface area contributed by atoms with Crippen LogP contribution in [-0.4, -0.2) is 19.6 Å². The summed E-state index contributed by atoms with van der Waals surface area (Å²) in [6.45, 7) is 2.85. The predicted octanol–water partition coefficient (Wildman–Crippen LogP) is 1.39. The van der Waals surface area contributed by atoms with Crippen LogP contribution in [0.25, 0.3) is 0 Å². The van der Waals surface area contributed by atoms with Crippen molar-refractivity contribution in [1.29, 1.82) is 0 Å². The summed E-state index contributed by atoms with van der Waals surface area (Å²) in [7, 11) is 1.62. The molecule has 0 aliphatic rings. The SMILES string of the molecule is COc1cc(C)ccc1CNC(=O)CCN.Cl. The first-order valence-corrected chi connectivity index (χ1v) is 5.27. The number of rotatable bonds is 5. The Bertz CT molecular complexity index is 370. The Morgan fingerprint density at radius 1 is 1.47 bits per heavy atom. The standard InChI is InChI=1S/C12H18N2O2.ClH/c1-9-3-4-10(11(7-9)16-2)8-14-12(15)5-6-13;/h3-4,7H,5-6,8,13H2,1-2H3,(H,14,15);1H. The molecule has 4 nitrogen and oxygen atoms in total. The number of benzene rings is 1. The molecule has 3 N–H and O–H groups in total. The number of hydrogen-bond acceptors (Lipinski definition) is 3. The number of halogens is 1. The van der Waals surface area contributed by atoms with Crippen molar-refractivity contribution in [3.63, 3.8) is 0 Å². The van der Waals surface area contributed by atoms with Crippen LogP contribution in [0.2, 0.25) is 0 Å². The van der Waals surface area contributed by atoms with Gasteiger partial charge in [0.05, 0.1) is 7.11 Å². The minimum atomic E-state index is -0.0369. The molecule has 0 atom stereocenters. The highest BCUT2D eigenvalue weighted by Gasteiger charge is 2.05. The fraction of sp³-hybridized carbons (Fsp3) is 0.417. The minimum absolute atomic E-state index is 0. The van der Waals surface area contributed by atoms with Crippen molar-refractivity contribution in [2.75, 3.05) is 13.7 Å². The quantitative estimate of drug-likeness (QED) is 0.839. The van der Waals surface area contributed by atoms with Crippen LogP contribution in [-0.2, 0) is 11.3 Å². The van der Waals surface area contributed by atoms with Crippen LogP contribution in [0.3, 0.4) is 0 Å². The second-order valence-electron chi connectivity index (χ2n) is 3.63. The highest BCUT2D eigenvalue weighted by atomic mass is 35.5. The van der Waals surface area contributed by atoms with Crippen molar-refractivity contribution >= 4 is 18.3 Å². The van der Waals surface area contributed by atoms with Crippen LogP contribution in [0, 0.1) is 6.92 Å². The summed E-state index contributed by atoms with van der Waals surface area (Å²) in [4.78, 5) is 11.3. The normalized spacial score (nSPS) is 9.35. The van der Waals surface area contributed by atoms with Crippen LogP contribution in [0.4, 0.5) is 0 Å². The highest BCUT2D eigenvalue weighted by molar-refractivity contribution is 5.85. The van der Waals surface area contributed by atoms with Gasteiger partial charge in [-0.3, -0.25) is 4.79 Å². The van der Waals surface area contributed by atoms with E-state index in [4.69, 9.17) is 10.5 Å². The summed E-state index contributed by atoms with van der Waals surface area (Å²) in [5, 5.41) is 2.80. The zero-order valence-corrected chi connectivity index (χ0v) is 11.0. The van der Waals surface area contributed by atoms with E-state index in [-0.39, 0.29) is 18.3 Å². The van der Waals surface area contributed by atoms with E-state index >= 15 is 0 Å². The molecule has 5 heteroatoms. The van der Waals surface area contributed by atoms with E-state index in [0.29, 0.717) is 19.5 Å². The maximum Gasteiger partial charge on any atom is 0.221 e. The Kier molecular flexibility index (Phi) is 7.34. The Hall–Kier alpha value is -1.26. The summed E-state index contributed by atoms with van der Waals surface area (Å²) in [5.74, 6) is 0.762. The average Bonchev–Trinajstić information content (AvgIpc) is 2.27. The van der Waals surface area contributed by atoms with Crippen molar-refractivity contribution in [3.8, 4) is 5.75 Å². The number of amides is 1. The largest absolute Gasteiger partial charge is 0.496 e. The molecule has 0 aliphatic heterocycles. The zero-order chi connectivity index (χ0) is 12.0. The Morgan fingerprint density at radius 2 is 2.18 bits per heavy atom. The number of ether oxygens (including phenoxy) is 1. The minimum Gasteiger partial charge on any atom is -0.496 e. The van der Waals surface area contributed by atoms with Gasteiger partial charge in [0.2, 0.25) is 5.91 Å². The first kappa shape index (κ1) is 15.7. The number of nitrogens with one attached hydrogen (secondary N) is 1. The van der Waals surface area contributed by atoms with Gasteiger partial charge in [-0.25, -0.2) is 0 Å². The third kappa shape index (κ3) is 5.06. The molecule has 0 fully saturated rings. The second-order valence-corrected chi connectivity index (χ2v) is 3.63. The molecule has 0 saturated carbocycles. The molecule has 0 saturated heterocycles. The van der Waals surface area contributed by atoms with E-state index in [1.807, 2.05) is 25.1 Å². The number of carbonyl (C=O) groups excluding carboxylic acids is 1. The van der Waals surface area contributed by atoms with E-state index < -0.39 is 0 Å². The summed E-state index contributed by atoms with van der Waals surface area (Å²) in [5.41, 5.74) is 7.39. The van der Waals surface area contributed by atoms with E-state index in [0.717, 1.165) is 16.9 Å². The van der Waals surface area contributed by atoms with Gasteiger partial charge in [0, 0.05) is 25.1 Å². The van der Waals surface area contributed by atoms with Crippen molar-refractivity contribution in [1.82, 2.24) is 5.32 Å². The van der Waals surface area contributed by atoms with Gasteiger partial charge in [-0.2, -0.15) is 0 Å². The highest BCUT2D eigenvalue weighted by Crippen LogP contribution is 2.19. The lowest BCUT2D eigenvalue weighted by Crippen LogP contribution is -2.25. The topological polar surface area (TPSA) is 64.3 Å². The number of carbonyl (C=O) groups is 1. The molecular formula is C12H19ClN2O2. The van der Waals surface area contributed by atoms with Gasteiger partial charge in [0.25, 0.3) is 0 Å². The van der Waals surface area contributed by atoms with E-state index in [1.54, 1.807) is 7.11 Å². The summed E-state index contributed by atoms with van der Waals surface area (Å²) in [6.07, 6.45) is 0.355. The van der Waals surface area contributed by atoms with Crippen LogP contribution in [0.15, 0.2) is 18.2 Å². The molecule has 0 bridgehead atoms. The van der Waals surface area contributed by atoms with Crippen molar-refractivity contribution in [2.45, 2.75) is 19.9 Å². The van der Waals surface area contributed by atoms with Crippen LogP contribution < -0.4 is 15.8 Å². The Balaban J connectivity index is 0.00000256. The average molecular weight is 259 g/mol. The number of nitrogens with two attached hydrogens (primary N) is 1. The van der Waals surface area contributed by atoms with Gasteiger partial charge in [0.1, 0.15) is 5.75 Å². The molecule has 1 aromatic carbocycles. The fourth-order valence-corrected chi connectivity index (χ4v) is 1.41. The van der Waals surface area contributed by atoms with Crippen molar-refractivity contribution in [2.24, 2.45) is 5.73 Å². The molecule has 0 spiro atoms. The Labute approximate surface area is 108 Å². The third-order valence-electron chi connectivity index (χ3n) is 2.29. The van der Waals surface area contributed by atoms with Gasteiger partial charge in [0.15, 0.2) is 0 Å². The predicted molar refractivity (Wildman–Crippen MR) is 70.5 cm³/mol. The lowest BCUT2D eigenvalue weighted by Gasteiger charge is -2.10. The van der Waals surface area contributed by atoms with Crippen molar-refractivity contribution in [3.05, 3.63) is 29.3 Å². The first-order valence-electron chi connectivity index (χ1n) is 5.27. The third-order valence-corrected chi connectivity index (χ3v) is 2.29. The zero-order valence-electron chi connectivity index (χ0n) is 10.2. The molecule has 0 aliphatic carbocycles. The first-order chi connectivity index (χ1) is 7.67. The summed E-state index contributed by atoms with van der Waals surface area (Å²) < 4.78 is 5.24. The molecule has 0 aromatic heterocycles. The molecule has 1 amide bonds. The van der Waals surface area contributed by atoms with Gasteiger partial charge in [-0.15, -0.1) is 12.4 Å². The maximum absolute atomic E-state index is 11.3. The van der Waals surface area contributed by atoms with Crippen LogP contribution in [0.5, 0.6) is 5.75 Å². The second kappa shape index (κ2) is 7.92. The summed E-state index contributed by atoms with van der Waals surface area (Å²) >= 11 is 0. The molecule has 0 radical (unpaired) electrons. The molecule has 17 heavy (non-hydrogen) atoms. The molecule has 1 rings (SSSR count). The smallest absolute Gasteiger partial charge is 0.221 e. The fourth-order valence-electron chi connectivity index (χ4n) is 1.41. The molecule has 0 heterocycles. The number of aryl methyl sites for hydroxylation is 1. The van der Waals surface area contributed by atoms with E-state index in [9.17, 15) is 4.79 Å². The molecule has 0 unspecified atom stereocenters. The van der Waals surface area contributed by atoms with Crippen LogP contribution >= 0.6 is 12.4 Å². The van der Waals surface area contributed by atoms with Gasteiger partial charge in [-0.1, -0.05) is 12.1 Å². The lowest BCUT2D eigenvalue weighted by molar-refractivity contribution is -0.121. The molecule has 96 valence electrons. The van der Waals surface area contributed by atoms with Gasteiger partial charge in [-0.05, 0) is 18.6 Å². The van der Waals surface area contributed by atoms with E-state index in [1.165, 1.54) is 0 Å². The van der Waals surface area contributed by atoms with Gasteiger partial charge >= 0.3 is 0 Å². The number of methoxy groups -OCH3 is 1. The van der Waals surface area contributed by atoms with Gasteiger partial charge < -0.3 is 15.8 Å². The summed E-state index contributed by atoms with van der Waals surface area (Å²) in [6, 6.07) is 5.90. The number of hydrogen-bond donors (Lipinski definition) is 2. The molecular weight excluding hydrogens is 240 g/mol. The van der Waals surface area contributed by atoms with Crippen molar-refractivity contribution < 1.29 is 9.53 Å². The maximum atomic E-state index is 11.3. The monoisotopic (exact) mass is 258 g/mol. The van der Waals surface area contributed by atoms with Crippen LogP contribution in [0.1, 0.15) is 17.5 Å². The Morgan fingerprint density at radius 3 is 2.76 bits per heavy atom. The van der Waals surface area contributed by atoms with E-state index in [2.05, 4.69) is 5.32 Å². The lowest BCUT2D eigenvalue weighted by atomic mass is 10.1. The molecule has 1 aromatic rings.